The first-order valence-corrected chi connectivity index (χ1v) is 7.75. The molecule has 0 saturated carbocycles. The van der Waals surface area contributed by atoms with Crippen molar-refractivity contribution in [3.05, 3.63) is 59.7 Å². The summed E-state index contributed by atoms with van der Waals surface area (Å²) in [5.41, 5.74) is 2.27. The first-order valence-electron chi connectivity index (χ1n) is 7.75. The number of hydrogen-bond donors (Lipinski definition) is 2. The molecule has 0 amide bonds. The van der Waals surface area contributed by atoms with Crippen molar-refractivity contribution < 1.29 is 19.1 Å². The van der Waals surface area contributed by atoms with Gasteiger partial charge in [-0.05, 0) is 37.3 Å². The van der Waals surface area contributed by atoms with E-state index in [2.05, 4.69) is 10.1 Å². The van der Waals surface area contributed by atoms with E-state index >= 15 is 0 Å². The maximum absolute atomic E-state index is 12.2. The van der Waals surface area contributed by atoms with Gasteiger partial charge >= 0.3 is 5.97 Å². The molecule has 0 radical (unpaired) electrons. The molecule has 6 heteroatoms. The molecule has 0 aliphatic heterocycles. The Labute approximate surface area is 145 Å². The van der Waals surface area contributed by atoms with Gasteiger partial charge in [-0.3, -0.25) is 9.59 Å². The molecule has 0 aromatic heterocycles. The summed E-state index contributed by atoms with van der Waals surface area (Å²) in [5, 5.41) is 10.7. The minimum absolute atomic E-state index is 0.0799. The smallest absolute Gasteiger partial charge is 0.375 e. The number of benzene rings is 2. The molecule has 6 nitrogen and oxygen atoms in total. The van der Waals surface area contributed by atoms with Gasteiger partial charge < -0.3 is 15.5 Å². The van der Waals surface area contributed by atoms with Gasteiger partial charge in [-0.2, -0.15) is 0 Å². The van der Waals surface area contributed by atoms with Crippen LogP contribution in [-0.2, 0) is 14.3 Å². The lowest BCUT2D eigenvalue weighted by Crippen LogP contribution is -2.20. The van der Waals surface area contributed by atoms with Crippen molar-refractivity contribution in [2.75, 3.05) is 11.9 Å². The zero-order valence-electron chi connectivity index (χ0n) is 13.7. The number of rotatable bonds is 8. The Morgan fingerprint density at radius 3 is 2.48 bits per heavy atom. The van der Waals surface area contributed by atoms with Crippen molar-refractivity contribution in [2.45, 2.75) is 13.3 Å². The molecule has 2 N–H and O–H groups in total. The third-order valence-corrected chi connectivity index (χ3v) is 3.41. The van der Waals surface area contributed by atoms with Crippen LogP contribution in [0.3, 0.4) is 0 Å². The minimum atomic E-state index is -1.01. The van der Waals surface area contributed by atoms with Gasteiger partial charge in [0.2, 0.25) is 5.78 Å². The predicted octanol–water partition coefficient (Wildman–Crippen LogP) is 3.13. The minimum Gasteiger partial charge on any atom is -0.460 e. The van der Waals surface area contributed by atoms with E-state index in [9.17, 15) is 14.4 Å². The third kappa shape index (κ3) is 4.84. The summed E-state index contributed by atoms with van der Waals surface area (Å²) < 4.78 is 4.58. The fourth-order valence-corrected chi connectivity index (χ4v) is 2.18. The summed E-state index contributed by atoms with van der Waals surface area (Å²) in [4.78, 5) is 35.1. The van der Waals surface area contributed by atoms with E-state index in [1.807, 2.05) is 30.3 Å². The fraction of sp³-hybridized carbons (Fsp3) is 0.158. The van der Waals surface area contributed by atoms with Crippen LogP contribution in [0, 0.1) is 5.41 Å². The molecule has 0 fully saturated rings. The molecule has 0 bridgehead atoms. The summed E-state index contributed by atoms with van der Waals surface area (Å²) in [6.45, 7) is 1.67. The molecule has 128 valence electrons. The van der Waals surface area contributed by atoms with Gasteiger partial charge in [0.25, 0.3) is 0 Å². The molecule has 25 heavy (non-hydrogen) atoms. The van der Waals surface area contributed by atoms with Crippen LogP contribution in [0.25, 0.3) is 0 Å². The number of carbonyl (C=O) groups is 3. The van der Waals surface area contributed by atoms with Crippen LogP contribution in [0.2, 0.25) is 0 Å². The van der Waals surface area contributed by atoms with Crippen molar-refractivity contribution in [3.63, 3.8) is 0 Å². The molecule has 0 unspecified atom stereocenters. The standard InChI is InChI=1S/C19H18N2O4/c1-2-25-19(24)18(23)11-17(22)13-8-9-16(14(10-13)12-20)21-15-6-4-3-5-7-15/h3-10,12,20-21H,2,11H2,1H3. The van der Waals surface area contributed by atoms with Crippen molar-refractivity contribution in [1.29, 1.82) is 5.41 Å². The van der Waals surface area contributed by atoms with Crippen LogP contribution in [0.15, 0.2) is 48.5 Å². The summed E-state index contributed by atoms with van der Waals surface area (Å²) in [5.74, 6) is -2.38. The first kappa shape index (κ1) is 18.1. The molecule has 0 saturated heterocycles. The molecule has 2 aromatic rings. The lowest BCUT2D eigenvalue weighted by atomic mass is 10.0. The van der Waals surface area contributed by atoms with Gasteiger partial charge in [-0.25, -0.2) is 4.79 Å². The van der Waals surface area contributed by atoms with Crippen LogP contribution in [0.4, 0.5) is 11.4 Å². The number of carbonyl (C=O) groups excluding carboxylic acids is 3. The second-order valence-electron chi connectivity index (χ2n) is 5.18. The second-order valence-corrected chi connectivity index (χ2v) is 5.18. The number of nitrogens with one attached hydrogen (secondary N) is 2. The summed E-state index contributed by atoms with van der Waals surface area (Å²) in [7, 11) is 0. The lowest BCUT2D eigenvalue weighted by Gasteiger charge is -2.11. The second kappa shape index (κ2) is 8.54. The van der Waals surface area contributed by atoms with Gasteiger partial charge in [0, 0.05) is 28.7 Å². The van der Waals surface area contributed by atoms with E-state index in [1.54, 1.807) is 19.1 Å². The quantitative estimate of drug-likeness (QED) is 0.253. The Morgan fingerprint density at radius 2 is 1.84 bits per heavy atom. The molecule has 0 aliphatic rings. The number of hydrogen-bond acceptors (Lipinski definition) is 6. The molecular weight excluding hydrogens is 320 g/mol. The zero-order valence-corrected chi connectivity index (χ0v) is 13.7. The summed E-state index contributed by atoms with van der Waals surface area (Å²) >= 11 is 0. The Hall–Kier alpha value is -3.28. The average Bonchev–Trinajstić information content (AvgIpc) is 2.63. The monoisotopic (exact) mass is 338 g/mol. The van der Waals surface area contributed by atoms with E-state index in [0.717, 1.165) is 11.9 Å². The number of para-hydroxylation sites is 1. The van der Waals surface area contributed by atoms with Crippen molar-refractivity contribution in [1.82, 2.24) is 0 Å². The largest absolute Gasteiger partial charge is 0.460 e. The van der Waals surface area contributed by atoms with Crippen molar-refractivity contribution in [2.24, 2.45) is 0 Å². The van der Waals surface area contributed by atoms with Gasteiger partial charge in [0.1, 0.15) is 0 Å². The molecule has 0 spiro atoms. The van der Waals surface area contributed by atoms with E-state index in [-0.39, 0.29) is 12.2 Å². The summed E-state index contributed by atoms with van der Waals surface area (Å²) in [6.07, 6.45) is 0.566. The number of ether oxygens (including phenoxy) is 1. The molecule has 0 heterocycles. The first-order chi connectivity index (χ1) is 12.0. The Bertz CT molecular complexity index is 800. The molecule has 0 atom stereocenters. The average molecular weight is 338 g/mol. The van der Waals surface area contributed by atoms with Crippen LogP contribution in [0.1, 0.15) is 29.3 Å². The van der Waals surface area contributed by atoms with E-state index in [4.69, 9.17) is 5.41 Å². The topological polar surface area (TPSA) is 96.3 Å². The van der Waals surface area contributed by atoms with Crippen LogP contribution >= 0.6 is 0 Å². The van der Waals surface area contributed by atoms with E-state index < -0.39 is 24.0 Å². The molecular formula is C19H18N2O4. The number of Topliss-reactive ketones (excluding diaryl/α,β-unsaturated/α-hetero) is 2. The van der Waals surface area contributed by atoms with Crippen molar-refractivity contribution in [3.8, 4) is 0 Å². The lowest BCUT2D eigenvalue weighted by molar-refractivity contribution is -0.153. The van der Waals surface area contributed by atoms with Crippen LogP contribution < -0.4 is 5.32 Å². The SMILES string of the molecule is CCOC(=O)C(=O)CC(=O)c1ccc(Nc2ccccc2)c(C=N)c1. The number of ketones is 2. The predicted molar refractivity (Wildman–Crippen MR) is 94.6 cm³/mol. The highest BCUT2D eigenvalue weighted by atomic mass is 16.5. The number of anilines is 2. The highest BCUT2D eigenvalue weighted by Crippen LogP contribution is 2.21. The van der Waals surface area contributed by atoms with Gasteiger partial charge in [0.15, 0.2) is 5.78 Å². The highest BCUT2D eigenvalue weighted by Gasteiger charge is 2.20. The Morgan fingerprint density at radius 1 is 1.12 bits per heavy atom. The molecule has 2 rings (SSSR count). The normalized spacial score (nSPS) is 9.96. The van der Waals surface area contributed by atoms with Crippen molar-refractivity contribution >= 4 is 35.1 Å². The molecule has 0 aliphatic carbocycles. The van der Waals surface area contributed by atoms with Gasteiger partial charge in [-0.15, -0.1) is 0 Å². The van der Waals surface area contributed by atoms with Crippen LogP contribution in [-0.4, -0.2) is 30.4 Å². The van der Waals surface area contributed by atoms with Gasteiger partial charge in [-0.1, -0.05) is 18.2 Å². The highest BCUT2D eigenvalue weighted by molar-refractivity contribution is 6.38. The summed E-state index contributed by atoms with van der Waals surface area (Å²) in [6, 6.07) is 14.1. The Kier molecular flexibility index (Phi) is 6.17. The maximum Gasteiger partial charge on any atom is 0.375 e. The zero-order chi connectivity index (χ0) is 18.2. The number of esters is 1. The fourth-order valence-electron chi connectivity index (χ4n) is 2.18. The van der Waals surface area contributed by atoms with Gasteiger partial charge in [0.05, 0.1) is 13.0 Å². The van der Waals surface area contributed by atoms with Crippen LogP contribution in [0.5, 0.6) is 0 Å². The maximum atomic E-state index is 12.2. The van der Waals surface area contributed by atoms with E-state index in [0.29, 0.717) is 11.3 Å². The molecule has 2 aromatic carbocycles. The van der Waals surface area contributed by atoms with E-state index in [1.165, 1.54) is 6.07 Å². The Balaban J connectivity index is 2.15. The third-order valence-electron chi connectivity index (χ3n) is 3.41.